The van der Waals surface area contributed by atoms with E-state index in [0.717, 1.165) is 45.2 Å². The van der Waals surface area contributed by atoms with E-state index in [4.69, 9.17) is 9.47 Å². The van der Waals surface area contributed by atoms with Crippen LogP contribution in [0.5, 0.6) is 0 Å². The smallest absolute Gasteiger partial charge is 0.0813 e. The van der Waals surface area contributed by atoms with Gasteiger partial charge in [-0.15, -0.1) is 0 Å². The molecule has 0 spiro atoms. The zero-order valence-corrected chi connectivity index (χ0v) is 13.7. The molecular weight excluding hydrogens is 252 g/mol. The van der Waals surface area contributed by atoms with E-state index in [-0.39, 0.29) is 5.54 Å². The first kappa shape index (κ1) is 16.2. The molecule has 0 aromatic carbocycles. The third kappa shape index (κ3) is 6.08. The van der Waals surface area contributed by atoms with Gasteiger partial charge in [0.1, 0.15) is 0 Å². The molecule has 0 aromatic heterocycles. The zero-order chi connectivity index (χ0) is 14.6. The van der Waals surface area contributed by atoms with E-state index in [1.165, 1.54) is 12.8 Å². The fourth-order valence-electron chi connectivity index (χ4n) is 2.59. The Morgan fingerprint density at radius 1 is 1.15 bits per heavy atom. The molecule has 1 saturated heterocycles. The molecule has 2 atom stereocenters. The van der Waals surface area contributed by atoms with Crippen molar-refractivity contribution in [3.05, 3.63) is 0 Å². The fraction of sp³-hybridized carbons (Fsp3) is 1.00. The maximum atomic E-state index is 6.02. The molecule has 2 unspecified atom stereocenters. The van der Waals surface area contributed by atoms with Crippen molar-refractivity contribution in [2.24, 2.45) is 0 Å². The van der Waals surface area contributed by atoms with Crippen LogP contribution < -0.4 is 5.32 Å². The Labute approximate surface area is 124 Å². The second-order valence-electron chi connectivity index (χ2n) is 7.38. The SMILES string of the molecule is CN(CCOCC1CCC(CNC(C)(C)C)O1)C1CC1. The van der Waals surface area contributed by atoms with E-state index < -0.39 is 0 Å². The van der Waals surface area contributed by atoms with Crippen LogP contribution in [0, 0.1) is 0 Å². The van der Waals surface area contributed by atoms with Crippen LogP contribution in [0.15, 0.2) is 0 Å². The van der Waals surface area contributed by atoms with Crippen molar-refractivity contribution >= 4 is 0 Å². The number of likely N-dealkylation sites (N-methyl/N-ethyl adjacent to an activating group) is 1. The molecule has 4 nitrogen and oxygen atoms in total. The Balaban J connectivity index is 1.50. The summed E-state index contributed by atoms with van der Waals surface area (Å²) in [6.45, 7) is 10.2. The number of hydrogen-bond donors (Lipinski definition) is 1. The molecule has 1 aliphatic heterocycles. The minimum Gasteiger partial charge on any atom is -0.377 e. The summed E-state index contributed by atoms with van der Waals surface area (Å²) >= 11 is 0. The van der Waals surface area contributed by atoms with Crippen molar-refractivity contribution in [1.82, 2.24) is 10.2 Å². The Morgan fingerprint density at radius 2 is 1.85 bits per heavy atom. The van der Waals surface area contributed by atoms with E-state index in [1.807, 2.05) is 0 Å². The molecule has 0 bridgehead atoms. The highest BCUT2D eigenvalue weighted by Gasteiger charge is 2.27. The summed E-state index contributed by atoms with van der Waals surface area (Å²) in [6, 6.07) is 0.828. The van der Waals surface area contributed by atoms with Gasteiger partial charge in [-0.05, 0) is 53.5 Å². The first-order valence-corrected chi connectivity index (χ1v) is 8.12. The third-order valence-electron chi connectivity index (χ3n) is 4.12. The lowest BCUT2D eigenvalue weighted by Gasteiger charge is -2.23. The molecule has 0 aromatic rings. The third-order valence-corrected chi connectivity index (χ3v) is 4.12. The number of ether oxygens (including phenoxy) is 2. The van der Waals surface area contributed by atoms with Crippen LogP contribution in [0.1, 0.15) is 46.5 Å². The molecule has 0 radical (unpaired) electrons. The summed E-state index contributed by atoms with van der Waals surface area (Å²) in [7, 11) is 2.20. The van der Waals surface area contributed by atoms with Crippen LogP contribution in [-0.4, -0.2) is 62.0 Å². The standard InChI is InChI=1S/C16H32N2O2/c1-16(2,3)17-11-14-7-8-15(20-14)12-19-10-9-18(4)13-5-6-13/h13-15,17H,5-12H2,1-4H3. The molecular formula is C16H32N2O2. The minimum atomic E-state index is 0.172. The molecule has 0 amide bonds. The summed E-state index contributed by atoms with van der Waals surface area (Å²) in [4.78, 5) is 2.41. The van der Waals surface area contributed by atoms with Crippen LogP contribution >= 0.6 is 0 Å². The summed E-state index contributed by atoms with van der Waals surface area (Å²) in [5, 5.41) is 3.51. The maximum absolute atomic E-state index is 6.02. The molecule has 2 rings (SSSR count). The zero-order valence-electron chi connectivity index (χ0n) is 13.7. The Hall–Kier alpha value is -0.160. The van der Waals surface area contributed by atoms with Gasteiger partial charge in [-0.3, -0.25) is 0 Å². The van der Waals surface area contributed by atoms with Crippen LogP contribution in [0.2, 0.25) is 0 Å². The Kier molecular flexibility index (Phi) is 5.84. The maximum Gasteiger partial charge on any atom is 0.0813 e. The number of hydrogen-bond acceptors (Lipinski definition) is 4. The molecule has 2 fully saturated rings. The molecule has 1 saturated carbocycles. The number of nitrogens with one attached hydrogen (secondary N) is 1. The quantitative estimate of drug-likeness (QED) is 0.692. The predicted octanol–water partition coefficient (Wildman–Crippen LogP) is 2.03. The first-order chi connectivity index (χ1) is 9.44. The van der Waals surface area contributed by atoms with Crippen LogP contribution in [0.25, 0.3) is 0 Å². The predicted molar refractivity (Wildman–Crippen MR) is 82.1 cm³/mol. The van der Waals surface area contributed by atoms with Crippen LogP contribution in [0.3, 0.4) is 0 Å². The average Bonchev–Trinajstić information content (AvgIpc) is 3.12. The van der Waals surface area contributed by atoms with Gasteiger partial charge >= 0.3 is 0 Å². The fourth-order valence-corrected chi connectivity index (χ4v) is 2.59. The lowest BCUT2D eigenvalue weighted by atomic mass is 10.1. The van der Waals surface area contributed by atoms with E-state index in [9.17, 15) is 0 Å². The van der Waals surface area contributed by atoms with Crippen molar-refractivity contribution in [3.63, 3.8) is 0 Å². The molecule has 118 valence electrons. The van der Waals surface area contributed by atoms with Gasteiger partial charge in [0.05, 0.1) is 25.4 Å². The summed E-state index contributed by atoms with van der Waals surface area (Å²) in [5.41, 5.74) is 0.172. The summed E-state index contributed by atoms with van der Waals surface area (Å²) < 4.78 is 11.8. The Morgan fingerprint density at radius 3 is 2.50 bits per heavy atom. The lowest BCUT2D eigenvalue weighted by molar-refractivity contribution is -0.0187. The van der Waals surface area contributed by atoms with Crippen molar-refractivity contribution in [1.29, 1.82) is 0 Å². The highest BCUT2D eigenvalue weighted by atomic mass is 16.5. The normalized spacial score (nSPS) is 27.4. The van der Waals surface area contributed by atoms with Crippen molar-refractivity contribution in [3.8, 4) is 0 Å². The van der Waals surface area contributed by atoms with Gasteiger partial charge in [0.15, 0.2) is 0 Å². The summed E-state index contributed by atoms with van der Waals surface area (Å²) in [6.07, 6.45) is 5.67. The highest BCUT2D eigenvalue weighted by molar-refractivity contribution is 4.82. The lowest BCUT2D eigenvalue weighted by Crippen LogP contribution is -2.41. The first-order valence-electron chi connectivity index (χ1n) is 8.12. The molecule has 1 N–H and O–H groups in total. The second kappa shape index (κ2) is 7.21. The van der Waals surface area contributed by atoms with E-state index in [1.54, 1.807) is 0 Å². The topological polar surface area (TPSA) is 33.7 Å². The van der Waals surface area contributed by atoms with Crippen LogP contribution in [-0.2, 0) is 9.47 Å². The molecule has 1 heterocycles. The molecule has 4 heteroatoms. The molecule has 2 aliphatic rings. The van der Waals surface area contributed by atoms with Gasteiger partial charge in [-0.1, -0.05) is 0 Å². The van der Waals surface area contributed by atoms with E-state index >= 15 is 0 Å². The Bertz CT molecular complexity index is 287. The average molecular weight is 284 g/mol. The second-order valence-corrected chi connectivity index (χ2v) is 7.38. The van der Waals surface area contributed by atoms with Gasteiger partial charge in [-0.2, -0.15) is 0 Å². The molecule has 1 aliphatic carbocycles. The van der Waals surface area contributed by atoms with E-state index in [0.29, 0.717) is 12.2 Å². The van der Waals surface area contributed by atoms with Gasteiger partial charge in [-0.25, -0.2) is 0 Å². The molecule has 20 heavy (non-hydrogen) atoms. The van der Waals surface area contributed by atoms with Gasteiger partial charge < -0.3 is 19.7 Å². The minimum absolute atomic E-state index is 0.172. The summed E-state index contributed by atoms with van der Waals surface area (Å²) in [5.74, 6) is 0. The largest absolute Gasteiger partial charge is 0.377 e. The number of nitrogens with zero attached hydrogens (tertiary/aromatic N) is 1. The van der Waals surface area contributed by atoms with Crippen molar-refractivity contribution < 1.29 is 9.47 Å². The van der Waals surface area contributed by atoms with Gasteiger partial charge in [0.25, 0.3) is 0 Å². The van der Waals surface area contributed by atoms with E-state index in [2.05, 4.69) is 38.0 Å². The van der Waals surface area contributed by atoms with Crippen LogP contribution in [0.4, 0.5) is 0 Å². The van der Waals surface area contributed by atoms with Gasteiger partial charge in [0, 0.05) is 24.7 Å². The number of rotatable bonds is 8. The van der Waals surface area contributed by atoms with Crippen molar-refractivity contribution in [2.75, 3.05) is 33.4 Å². The van der Waals surface area contributed by atoms with Crippen molar-refractivity contribution in [2.45, 2.75) is 70.2 Å². The monoisotopic (exact) mass is 284 g/mol. The highest BCUT2D eigenvalue weighted by Crippen LogP contribution is 2.25. The van der Waals surface area contributed by atoms with Gasteiger partial charge in [0.2, 0.25) is 0 Å².